The van der Waals surface area contributed by atoms with E-state index in [4.69, 9.17) is 10.7 Å². The maximum atomic E-state index is 11.9. The summed E-state index contributed by atoms with van der Waals surface area (Å²) in [6, 6.07) is 0. The van der Waals surface area contributed by atoms with Gasteiger partial charge < -0.3 is 13.9 Å². The molecule has 0 aromatic rings. The van der Waals surface area contributed by atoms with E-state index in [2.05, 4.69) is 0 Å². The number of rotatable bonds is 6. The van der Waals surface area contributed by atoms with E-state index in [1.54, 1.807) is 0 Å². The summed E-state index contributed by atoms with van der Waals surface area (Å²) >= 11 is 0. The molecule has 0 aromatic carbocycles. The van der Waals surface area contributed by atoms with Crippen molar-refractivity contribution in [1.29, 1.82) is 0 Å². The van der Waals surface area contributed by atoms with Crippen LogP contribution in [0.15, 0.2) is 0 Å². The number of sulfone groups is 1. The van der Waals surface area contributed by atoms with Gasteiger partial charge in [0, 0.05) is 6.26 Å². The van der Waals surface area contributed by atoms with Crippen LogP contribution in [0.5, 0.6) is 0 Å². The molecule has 0 aromatic heterocycles. The Bertz CT molecular complexity index is 808. The number of hydrogen-bond acceptors (Lipinski definition) is 10. The molecule has 0 heterocycles. The zero-order valence-electron chi connectivity index (χ0n) is 16.9. The van der Waals surface area contributed by atoms with Gasteiger partial charge in [-0.05, 0) is 50.4 Å². The molecule has 160 valence electrons. The van der Waals surface area contributed by atoms with Gasteiger partial charge in [-0.3, -0.25) is 0 Å². The molecular formula is C14H25K2NO9S3. The Morgan fingerprint density at radius 2 is 1.24 bits per heavy atom. The third kappa shape index (κ3) is 9.26. The van der Waals surface area contributed by atoms with Gasteiger partial charge in [-0.1, -0.05) is 6.42 Å². The van der Waals surface area contributed by atoms with Crippen molar-refractivity contribution in [1.82, 2.24) is 0 Å². The Kier molecular flexibility index (Phi) is 13.9. The number of nitrogens with two attached hydrogens (primary N) is 1. The predicted molar refractivity (Wildman–Crippen MR) is 94.0 cm³/mol. The van der Waals surface area contributed by atoms with Crippen LogP contribution >= 0.6 is 0 Å². The van der Waals surface area contributed by atoms with E-state index in [-0.39, 0.29) is 128 Å². The molecule has 2 N–H and O–H groups in total. The quantitative estimate of drug-likeness (QED) is 0.199. The molecule has 0 spiro atoms. The molecule has 15 heteroatoms. The first kappa shape index (κ1) is 32.0. The van der Waals surface area contributed by atoms with Crippen LogP contribution in [-0.2, 0) is 34.9 Å². The Balaban J connectivity index is 0.00000392. The average Bonchev–Trinajstić information content (AvgIpc) is 2.53. The molecule has 10 nitrogen and oxygen atoms in total. The molecule has 0 bridgehead atoms. The summed E-state index contributed by atoms with van der Waals surface area (Å²) in [6.07, 6.45) is 1.35. The summed E-state index contributed by atoms with van der Waals surface area (Å²) in [5.41, 5.74) is 0. The van der Waals surface area contributed by atoms with Crippen molar-refractivity contribution in [2.45, 2.75) is 66.8 Å². The van der Waals surface area contributed by atoms with Crippen LogP contribution < -0.4 is 109 Å². The van der Waals surface area contributed by atoms with Crippen molar-refractivity contribution in [3.63, 3.8) is 0 Å². The second kappa shape index (κ2) is 12.6. The van der Waals surface area contributed by atoms with Crippen molar-refractivity contribution in [2.75, 3.05) is 6.26 Å². The first-order valence-electron chi connectivity index (χ1n) is 8.67. The molecule has 0 radical (unpaired) electrons. The van der Waals surface area contributed by atoms with Gasteiger partial charge in [0.2, 0.25) is 0 Å². The second-order valence-electron chi connectivity index (χ2n) is 7.68. The van der Waals surface area contributed by atoms with Crippen molar-refractivity contribution in [3.05, 3.63) is 0 Å². The van der Waals surface area contributed by atoms with Crippen LogP contribution in [0.25, 0.3) is 0 Å². The van der Waals surface area contributed by atoms with E-state index in [9.17, 15) is 34.4 Å². The molecule has 2 aliphatic rings. The van der Waals surface area contributed by atoms with Gasteiger partial charge in [0.25, 0.3) is 0 Å². The van der Waals surface area contributed by atoms with E-state index in [0.717, 1.165) is 6.26 Å². The summed E-state index contributed by atoms with van der Waals surface area (Å²) < 4.78 is 92.6. The molecule has 0 amide bonds. The molecule has 5 atom stereocenters. The van der Waals surface area contributed by atoms with Crippen molar-refractivity contribution in [2.24, 2.45) is 17.7 Å². The van der Waals surface area contributed by atoms with Gasteiger partial charge >= 0.3 is 103 Å². The zero-order valence-corrected chi connectivity index (χ0v) is 25.6. The Morgan fingerprint density at radius 1 is 0.793 bits per heavy atom. The smallest absolute Gasteiger partial charge is 0.748 e. The van der Waals surface area contributed by atoms with Gasteiger partial charge in [0.1, 0.15) is 9.84 Å². The second-order valence-corrected chi connectivity index (χ2v) is 13.3. The predicted octanol–water partition coefficient (Wildman–Crippen LogP) is -6.52. The normalized spacial score (nSPS) is 32.5. The maximum absolute atomic E-state index is 11.9. The topological polar surface area (TPSA) is 184 Å². The minimum Gasteiger partial charge on any atom is -0.748 e. The van der Waals surface area contributed by atoms with Crippen LogP contribution in [0.1, 0.15) is 44.9 Å². The minimum atomic E-state index is -4.80. The fourth-order valence-corrected chi connectivity index (χ4v) is 7.69. The summed E-state index contributed by atoms with van der Waals surface area (Å²) in [7, 11) is -12.9. The third-order valence-corrected chi connectivity index (χ3v) is 9.87. The van der Waals surface area contributed by atoms with E-state index < -0.39 is 64.3 Å². The van der Waals surface area contributed by atoms with Gasteiger partial charge in [0.15, 0.2) is 0 Å². The molecule has 0 aliphatic heterocycles. The largest absolute Gasteiger partial charge is 1.00 e. The first-order chi connectivity index (χ1) is 12.2. The van der Waals surface area contributed by atoms with Crippen LogP contribution in [0.3, 0.4) is 0 Å². The minimum absolute atomic E-state index is 0. The maximum Gasteiger partial charge on any atom is 1.00 e. The van der Waals surface area contributed by atoms with Gasteiger partial charge in [-0.15, -0.1) is 0 Å². The molecule has 2 rings (SSSR count). The van der Waals surface area contributed by atoms with Crippen molar-refractivity contribution in [3.8, 4) is 0 Å². The summed E-state index contributed by atoms with van der Waals surface area (Å²) in [5.74, 6) is 4.32. The van der Waals surface area contributed by atoms with E-state index in [0.29, 0.717) is 19.3 Å². The van der Waals surface area contributed by atoms with Crippen molar-refractivity contribution >= 4 is 30.1 Å². The standard InChI is InChI=1S/C14H27NO9S3.2K/c1-25(16,17)11-4-2-3-9(5-11)14(24-15)10-6-12(26(18,19)20)8-13(7-10)27(21,22)23;;/h9-14H,2-8,15H2,1H3,(H,18,19,20)(H,21,22,23);;/q;2*+1/p-2. The monoisotopic (exact) mass is 525 g/mol. The Morgan fingerprint density at radius 3 is 1.62 bits per heavy atom. The average molecular weight is 526 g/mol. The molecule has 5 unspecified atom stereocenters. The van der Waals surface area contributed by atoms with Crippen LogP contribution in [0, 0.1) is 11.8 Å². The van der Waals surface area contributed by atoms with Crippen LogP contribution in [0.2, 0.25) is 0 Å². The molecule has 2 fully saturated rings. The SMILES string of the molecule is CS(=O)(=O)C1CCCC(C(ON)C2CC(S(=O)(=O)[O-])CC(S(=O)(=O)[O-])C2)C1.[K+].[K+]. The van der Waals surface area contributed by atoms with Crippen molar-refractivity contribution < 1.29 is 142 Å². The van der Waals surface area contributed by atoms with E-state index in [1.807, 2.05) is 0 Å². The van der Waals surface area contributed by atoms with Gasteiger partial charge in [-0.25, -0.2) is 31.2 Å². The summed E-state index contributed by atoms with van der Waals surface area (Å²) in [5, 5.41) is -3.62. The van der Waals surface area contributed by atoms with Gasteiger partial charge in [-0.2, -0.15) is 0 Å². The fraction of sp³-hybridized carbons (Fsp3) is 1.00. The molecular weight excluding hydrogens is 501 g/mol. The van der Waals surface area contributed by atoms with Crippen LogP contribution in [-0.4, -0.2) is 62.5 Å². The molecule has 2 saturated carbocycles. The van der Waals surface area contributed by atoms with Crippen LogP contribution in [0.4, 0.5) is 0 Å². The molecule has 29 heavy (non-hydrogen) atoms. The van der Waals surface area contributed by atoms with E-state index >= 15 is 0 Å². The molecule has 2 aliphatic carbocycles. The first-order valence-corrected chi connectivity index (χ1v) is 13.6. The number of hydrogen-bond donors (Lipinski definition) is 1. The Labute approximate surface area is 258 Å². The third-order valence-electron chi connectivity index (χ3n) is 5.83. The summed E-state index contributed by atoms with van der Waals surface area (Å²) in [4.78, 5) is 5.02. The Hall–Kier alpha value is 2.96. The fourth-order valence-electron chi connectivity index (χ4n) is 4.47. The zero-order chi connectivity index (χ0) is 20.6. The van der Waals surface area contributed by atoms with E-state index in [1.165, 1.54) is 0 Å². The van der Waals surface area contributed by atoms with Gasteiger partial charge in [0.05, 0.1) is 42.1 Å². The summed E-state index contributed by atoms with van der Waals surface area (Å²) in [6.45, 7) is 0. The molecule has 0 saturated heterocycles.